The number of H-pyrrole nitrogens is 1. The highest BCUT2D eigenvalue weighted by atomic mass is 32.2. The maximum atomic E-state index is 13.9. The Morgan fingerprint density at radius 2 is 1.83 bits per heavy atom. The summed E-state index contributed by atoms with van der Waals surface area (Å²) in [5, 5.41) is 13.5. The Labute approximate surface area is 204 Å². The van der Waals surface area contributed by atoms with Crippen LogP contribution in [0.2, 0.25) is 0 Å². The highest BCUT2D eigenvalue weighted by molar-refractivity contribution is 7.99. The van der Waals surface area contributed by atoms with Crippen molar-refractivity contribution >= 4 is 40.8 Å². The van der Waals surface area contributed by atoms with Crippen LogP contribution in [0.25, 0.3) is 0 Å². The van der Waals surface area contributed by atoms with Crippen molar-refractivity contribution in [3.63, 3.8) is 0 Å². The molecule has 3 N–H and O–H groups in total. The number of hydrogen-bond donors (Lipinski definition) is 3. The van der Waals surface area contributed by atoms with E-state index < -0.39 is 17.5 Å². The Morgan fingerprint density at radius 3 is 2.49 bits per heavy atom. The summed E-state index contributed by atoms with van der Waals surface area (Å²) >= 11 is 1.38. The topological polar surface area (TPSA) is 98.8 Å². The first-order chi connectivity index (χ1) is 16.9. The van der Waals surface area contributed by atoms with Crippen LogP contribution in [-0.4, -0.2) is 39.2 Å². The van der Waals surface area contributed by atoms with Crippen molar-refractivity contribution in [2.45, 2.75) is 23.4 Å². The van der Waals surface area contributed by atoms with Crippen LogP contribution >= 0.6 is 11.8 Å². The quantitative estimate of drug-likeness (QED) is 0.307. The molecule has 0 bridgehead atoms. The van der Waals surface area contributed by atoms with Gasteiger partial charge in [-0.05, 0) is 61.5 Å². The first-order valence-corrected chi connectivity index (χ1v) is 11.7. The molecule has 8 nitrogen and oxygen atoms in total. The molecule has 5 rings (SSSR count). The van der Waals surface area contributed by atoms with Gasteiger partial charge in [-0.3, -0.25) is 9.89 Å². The number of aryl methyl sites for hydroxylation is 1. The highest BCUT2D eigenvalue weighted by Crippen LogP contribution is 2.31. The lowest BCUT2D eigenvalue weighted by molar-refractivity contribution is 0.102. The van der Waals surface area contributed by atoms with E-state index >= 15 is 0 Å². The Kier molecular flexibility index (Phi) is 6.32. The van der Waals surface area contributed by atoms with Crippen molar-refractivity contribution in [3.05, 3.63) is 77.5 Å². The lowest BCUT2D eigenvalue weighted by atomic mass is 10.2. The fourth-order valence-corrected chi connectivity index (χ4v) is 4.19. The van der Waals surface area contributed by atoms with E-state index in [-0.39, 0.29) is 5.56 Å². The van der Waals surface area contributed by atoms with Gasteiger partial charge >= 0.3 is 0 Å². The summed E-state index contributed by atoms with van der Waals surface area (Å²) in [7, 11) is 0. The van der Waals surface area contributed by atoms with Gasteiger partial charge in [0.05, 0.1) is 5.56 Å². The lowest BCUT2D eigenvalue weighted by Crippen LogP contribution is -2.37. The molecule has 2 aromatic heterocycles. The van der Waals surface area contributed by atoms with E-state index in [9.17, 15) is 13.6 Å². The second kappa shape index (κ2) is 9.71. The number of aromatic amines is 1. The number of carbonyl (C=O) groups is 1. The lowest BCUT2D eigenvalue weighted by Gasteiger charge is -2.32. The Hall–Kier alpha value is -3.99. The van der Waals surface area contributed by atoms with Gasteiger partial charge in [-0.25, -0.2) is 18.7 Å². The molecule has 0 radical (unpaired) electrons. The molecule has 11 heteroatoms. The van der Waals surface area contributed by atoms with Gasteiger partial charge in [0.25, 0.3) is 5.91 Å². The summed E-state index contributed by atoms with van der Waals surface area (Å²) < 4.78 is 27.0. The fourth-order valence-electron chi connectivity index (χ4n) is 3.43. The number of nitrogens with one attached hydrogen (secondary N) is 3. The third kappa shape index (κ3) is 5.40. The average Bonchev–Trinajstić information content (AvgIpc) is 3.18. The minimum atomic E-state index is -0.914. The van der Waals surface area contributed by atoms with Crippen LogP contribution in [0, 0.1) is 18.6 Å². The van der Waals surface area contributed by atoms with E-state index in [2.05, 4.69) is 30.7 Å². The van der Waals surface area contributed by atoms with E-state index in [4.69, 9.17) is 4.98 Å². The van der Waals surface area contributed by atoms with Gasteiger partial charge in [0, 0.05) is 47.6 Å². The number of amides is 1. The number of anilines is 4. The van der Waals surface area contributed by atoms with Gasteiger partial charge in [-0.1, -0.05) is 0 Å². The predicted octanol–water partition coefficient (Wildman–Crippen LogP) is 5.14. The molecule has 0 aliphatic carbocycles. The van der Waals surface area contributed by atoms with Crippen LogP contribution in [-0.2, 0) is 0 Å². The van der Waals surface area contributed by atoms with Crippen LogP contribution in [0.15, 0.2) is 64.6 Å². The first kappa shape index (κ1) is 22.8. The van der Waals surface area contributed by atoms with E-state index in [0.717, 1.165) is 48.1 Å². The minimum absolute atomic E-state index is 0.229. The van der Waals surface area contributed by atoms with Crippen molar-refractivity contribution in [1.29, 1.82) is 0 Å². The minimum Gasteiger partial charge on any atom is -0.356 e. The van der Waals surface area contributed by atoms with Crippen molar-refractivity contribution in [2.24, 2.45) is 0 Å². The molecular formula is C24H21F2N7OS. The molecule has 35 heavy (non-hydrogen) atoms. The summed E-state index contributed by atoms with van der Waals surface area (Å²) in [5.74, 6) is -0.154. The van der Waals surface area contributed by atoms with Gasteiger partial charge in [0.1, 0.15) is 23.3 Å². The summed E-state index contributed by atoms with van der Waals surface area (Å²) in [6.45, 7) is 3.82. The molecule has 0 atom stereocenters. The van der Waals surface area contributed by atoms with Crippen molar-refractivity contribution < 1.29 is 13.6 Å². The fraction of sp³-hybridized carbons (Fsp3) is 0.167. The van der Waals surface area contributed by atoms with E-state index in [0.29, 0.717) is 28.5 Å². The third-order valence-electron chi connectivity index (χ3n) is 5.33. The van der Waals surface area contributed by atoms with Gasteiger partial charge in [0.15, 0.2) is 11.0 Å². The molecule has 1 aliphatic heterocycles. The molecular weight excluding hydrogens is 472 g/mol. The summed E-state index contributed by atoms with van der Waals surface area (Å²) in [6.07, 6.45) is 1.13. The van der Waals surface area contributed by atoms with E-state index in [1.807, 2.05) is 31.2 Å². The number of rotatable bonds is 7. The molecule has 0 spiro atoms. The van der Waals surface area contributed by atoms with Gasteiger partial charge in [0.2, 0.25) is 0 Å². The van der Waals surface area contributed by atoms with Crippen LogP contribution in [0.4, 0.5) is 31.9 Å². The Morgan fingerprint density at radius 1 is 1.03 bits per heavy atom. The smallest absolute Gasteiger partial charge is 0.258 e. The summed E-state index contributed by atoms with van der Waals surface area (Å²) in [5.41, 5.74) is 1.19. The molecule has 3 heterocycles. The second-order valence-corrected chi connectivity index (χ2v) is 9.04. The summed E-state index contributed by atoms with van der Waals surface area (Å²) in [6, 6.07) is 13.7. The number of nitrogens with zero attached hydrogens (tertiary/aromatic N) is 4. The van der Waals surface area contributed by atoms with Gasteiger partial charge in [-0.2, -0.15) is 5.10 Å². The van der Waals surface area contributed by atoms with Crippen LogP contribution < -0.4 is 15.5 Å². The number of carbonyl (C=O) groups excluding carboxylic acids is 1. The van der Waals surface area contributed by atoms with Gasteiger partial charge < -0.3 is 15.5 Å². The van der Waals surface area contributed by atoms with E-state index in [1.54, 1.807) is 12.1 Å². The molecule has 1 fully saturated rings. The standard InChI is InChI=1S/C24H21F2N7OS/c1-14-11-21(32-31-14)28-20-13-22(33-9-2-10-33)30-24(29-20)35-17-6-4-16(5-7-17)27-23(34)18-8-3-15(25)12-19(18)26/h3-8,11-13H,2,9-10H2,1H3,(H,27,34)(H2,28,29,30,31,32). The number of hydrogen-bond acceptors (Lipinski definition) is 7. The third-order valence-corrected chi connectivity index (χ3v) is 6.20. The molecule has 178 valence electrons. The maximum absolute atomic E-state index is 13.9. The molecule has 2 aromatic carbocycles. The van der Waals surface area contributed by atoms with Crippen LogP contribution in [0.3, 0.4) is 0 Å². The normalized spacial score (nSPS) is 12.8. The predicted molar refractivity (Wildman–Crippen MR) is 130 cm³/mol. The number of benzene rings is 2. The Balaban J connectivity index is 1.31. The zero-order valence-corrected chi connectivity index (χ0v) is 19.5. The first-order valence-electron chi connectivity index (χ1n) is 10.9. The second-order valence-electron chi connectivity index (χ2n) is 8.00. The zero-order chi connectivity index (χ0) is 24.4. The largest absolute Gasteiger partial charge is 0.356 e. The van der Waals surface area contributed by atoms with Crippen LogP contribution in [0.5, 0.6) is 0 Å². The molecule has 1 saturated heterocycles. The molecule has 1 amide bonds. The van der Waals surface area contributed by atoms with Crippen molar-refractivity contribution in [3.8, 4) is 0 Å². The van der Waals surface area contributed by atoms with Gasteiger partial charge in [-0.15, -0.1) is 0 Å². The molecule has 4 aromatic rings. The number of halogens is 2. The maximum Gasteiger partial charge on any atom is 0.258 e. The summed E-state index contributed by atoms with van der Waals surface area (Å²) in [4.78, 5) is 24.7. The van der Waals surface area contributed by atoms with Crippen LogP contribution in [0.1, 0.15) is 22.5 Å². The Bertz CT molecular complexity index is 1370. The van der Waals surface area contributed by atoms with Crippen molar-refractivity contribution in [2.75, 3.05) is 28.6 Å². The zero-order valence-electron chi connectivity index (χ0n) is 18.7. The molecule has 0 saturated carbocycles. The monoisotopic (exact) mass is 493 g/mol. The highest BCUT2D eigenvalue weighted by Gasteiger charge is 2.19. The number of aromatic nitrogens is 4. The molecule has 0 unspecified atom stereocenters. The average molecular weight is 494 g/mol. The van der Waals surface area contributed by atoms with E-state index in [1.165, 1.54) is 11.8 Å². The molecule has 1 aliphatic rings. The SMILES string of the molecule is Cc1cc(Nc2cc(N3CCC3)nc(Sc3ccc(NC(=O)c4ccc(F)cc4F)cc3)n2)n[nH]1. The van der Waals surface area contributed by atoms with Crippen molar-refractivity contribution in [1.82, 2.24) is 20.2 Å².